The molecule has 1 unspecified atom stereocenters. The van der Waals surface area contributed by atoms with Gasteiger partial charge in [-0.15, -0.1) is 0 Å². The van der Waals surface area contributed by atoms with Gasteiger partial charge in [0.15, 0.2) is 6.10 Å². The van der Waals surface area contributed by atoms with Crippen molar-refractivity contribution in [3.8, 4) is 5.75 Å². The Morgan fingerprint density at radius 2 is 1.89 bits per heavy atom. The molecule has 1 aromatic carbocycles. The second-order valence-electron chi connectivity index (χ2n) is 8.36. The summed E-state index contributed by atoms with van der Waals surface area (Å²) in [5, 5.41) is 0.0135. The van der Waals surface area contributed by atoms with Crippen LogP contribution in [0, 0.1) is 0 Å². The van der Waals surface area contributed by atoms with E-state index < -0.39 is 14.4 Å². The number of carbonyl (C=O) groups excluding carboxylic acids is 1. The number of benzene rings is 1. The molecule has 3 aliphatic heterocycles. The predicted molar refractivity (Wildman–Crippen MR) is 109 cm³/mol. The van der Waals surface area contributed by atoms with E-state index in [0.29, 0.717) is 16.8 Å². The molecule has 0 aliphatic carbocycles. The minimum absolute atomic E-state index is 0.0135. The zero-order valence-electron chi connectivity index (χ0n) is 16.3. The lowest BCUT2D eigenvalue weighted by molar-refractivity contribution is -0.134. The number of carbonyl (C=O) groups is 1. The van der Waals surface area contributed by atoms with Gasteiger partial charge in [-0.1, -0.05) is 45.9 Å². The molecule has 3 saturated heterocycles. The first-order valence-electron chi connectivity index (χ1n) is 9.78. The molecular formula is C20H27NO4SSi. The second kappa shape index (κ2) is 6.86. The summed E-state index contributed by atoms with van der Waals surface area (Å²) in [7, 11) is -2.24. The fraction of sp³-hybridized carbons (Fsp3) is 0.600. The van der Waals surface area contributed by atoms with Crippen LogP contribution in [0.3, 0.4) is 0 Å². The van der Waals surface area contributed by atoms with Crippen molar-refractivity contribution in [2.24, 2.45) is 0 Å². The van der Waals surface area contributed by atoms with Crippen molar-refractivity contribution in [2.45, 2.75) is 69.0 Å². The topological polar surface area (TPSA) is 48.0 Å². The number of rotatable bonds is 4. The molecule has 4 atom stereocenters. The molecule has 0 bridgehead atoms. The van der Waals surface area contributed by atoms with Crippen LogP contribution in [0.15, 0.2) is 30.3 Å². The van der Waals surface area contributed by atoms with E-state index >= 15 is 0 Å². The van der Waals surface area contributed by atoms with Crippen LogP contribution in [0.5, 0.6) is 5.75 Å². The highest BCUT2D eigenvalue weighted by Gasteiger charge is 2.71. The Balaban J connectivity index is 1.62. The summed E-state index contributed by atoms with van der Waals surface area (Å²) in [5.74, 6) is 0.665. The van der Waals surface area contributed by atoms with Gasteiger partial charge in [0.05, 0.1) is 12.1 Å². The highest BCUT2D eigenvalue weighted by molar-refractivity contribution is 7.79. The molecule has 3 heterocycles. The third-order valence-electron chi connectivity index (χ3n) is 6.46. The first-order chi connectivity index (χ1) is 12.9. The van der Waals surface area contributed by atoms with E-state index in [0.717, 1.165) is 13.0 Å². The molecular weight excluding hydrogens is 378 g/mol. The fourth-order valence-corrected chi connectivity index (χ4v) is 11.7. The Morgan fingerprint density at radius 1 is 1.22 bits per heavy atom. The van der Waals surface area contributed by atoms with E-state index in [2.05, 4.69) is 27.7 Å². The van der Waals surface area contributed by atoms with Crippen LogP contribution in [-0.4, -0.2) is 49.2 Å². The van der Waals surface area contributed by atoms with Gasteiger partial charge in [-0.3, -0.25) is 4.79 Å². The molecule has 27 heavy (non-hydrogen) atoms. The second-order valence-corrected chi connectivity index (χ2v) is 13.6. The third-order valence-corrected chi connectivity index (χ3v) is 12.7. The minimum Gasteiger partial charge on any atom is -0.443 e. The summed E-state index contributed by atoms with van der Waals surface area (Å²) in [5.41, 5.74) is 0.890. The Bertz CT molecular complexity index is 733. The summed E-state index contributed by atoms with van der Waals surface area (Å²) < 4.78 is 18.5. The molecule has 0 spiro atoms. The molecule has 4 rings (SSSR count). The Hall–Kier alpha value is -1.44. The average molecular weight is 406 g/mol. The summed E-state index contributed by atoms with van der Waals surface area (Å²) in [6.45, 7) is 9.68. The third kappa shape index (κ3) is 2.82. The van der Waals surface area contributed by atoms with E-state index in [1.807, 2.05) is 35.2 Å². The van der Waals surface area contributed by atoms with Crippen LogP contribution in [-0.2, 0) is 14.0 Å². The van der Waals surface area contributed by atoms with Crippen molar-refractivity contribution in [2.75, 3.05) is 6.54 Å². The number of hydrogen-bond donors (Lipinski definition) is 0. The number of thiocarbonyl (C=S) groups is 1. The molecule has 1 amide bonds. The molecule has 0 saturated carbocycles. The molecule has 5 nitrogen and oxygen atoms in total. The SMILES string of the molecule is CC(C)[Si]1(C(C)C)O[C@@H]2CCN3C(=O)[C@H](OC(=S)Oc4ccccc4)[C@H]1C23. The smallest absolute Gasteiger partial charge is 0.358 e. The van der Waals surface area contributed by atoms with Crippen molar-refractivity contribution >= 4 is 31.7 Å². The lowest BCUT2D eigenvalue weighted by Gasteiger charge is -2.40. The Morgan fingerprint density at radius 3 is 2.52 bits per heavy atom. The lowest BCUT2D eigenvalue weighted by atomic mass is 10.1. The molecule has 3 aliphatic rings. The molecule has 3 fully saturated rings. The van der Waals surface area contributed by atoms with Crippen molar-refractivity contribution in [1.82, 2.24) is 4.90 Å². The van der Waals surface area contributed by atoms with Gasteiger partial charge in [0.25, 0.3) is 5.91 Å². The zero-order valence-corrected chi connectivity index (χ0v) is 18.1. The van der Waals surface area contributed by atoms with Crippen LogP contribution >= 0.6 is 12.2 Å². The average Bonchev–Trinajstić information content (AvgIpc) is 3.24. The van der Waals surface area contributed by atoms with E-state index in [1.165, 1.54) is 0 Å². The summed E-state index contributed by atoms with van der Waals surface area (Å²) in [6.07, 6.45) is 0.485. The van der Waals surface area contributed by atoms with E-state index in [4.69, 9.17) is 26.1 Å². The van der Waals surface area contributed by atoms with Gasteiger partial charge in [-0.05, 0) is 29.6 Å². The van der Waals surface area contributed by atoms with Gasteiger partial charge in [-0.2, -0.15) is 0 Å². The highest BCUT2D eigenvalue weighted by Crippen LogP contribution is 2.59. The number of hydrogen-bond acceptors (Lipinski definition) is 5. The van der Waals surface area contributed by atoms with Gasteiger partial charge in [0.2, 0.25) is 8.32 Å². The van der Waals surface area contributed by atoms with Gasteiger partial charge >= 0.3 is 5.24 Å². The number of para-hydroxylation sites is 1. The number of ether oxygens (including phenoxy) is 2. The van der Waals surface area contributed by atoms with Gasteiger partial charge in [0, 0.05) is 24.3 Å². The molecule has 146 valence electrons. The molecule has 0 radical (unpaired) electrons. The standard InChI is InChI=1S/C20H27NO4SSi/c1-12(2)27(13(3)4)18-16-15(25-27)10-11-21(16)19(22)17(18)24-20(26)23-14-8-6-5-7-9-14/h5-9,12-13,15-18H,10-11H2,1-4H3/t15-,16?,17-,18-/m1/s1. The van der Waals surface area contributed by atoms with Gasteiger partial charge in [0.1, 0.15) is 5.75 Å². The first kappa shape index (κ1) is 18.9. The highest BCUT2D eigenvalue weighted by atomic mass is 32.1. The molecule has 7 heteroatoms. The van der Waals surface area contributed by atoms with Crippen LogP contribution < -0.4 is 4.74 Å². The van der Waals surface area contributed by atoms with Crippen molar-refractivity contribution < 1.29 is 18.7 Å². The van der Waals surface area contributed by atoms with Crippen molar-refractivity contribution in [3.63, 3.8) is 0 Å². The predicted octanol–water partition coefficient (Wildman–Crippen LogP) is 3.88. The maximum Gasteiger partial charge on any atom is 0.358 e. The Kier molecular flexibility index (Phi) is 4.80. The largest absolute Gasteiger partial charge is 0.443 e. The van der Waals surface area contributed by atoms with Crippen LogP contribution in [0.2, 0.25) is 16.6 Å². The van der Waals surface area contributed by atoms with E-state index in [-0.39, 0.29) is 28.8 Å². The van der Waals surface area contributed by atoms with Crippen LogP contribution in [0.1, 0.15) is 34.1 Å². The quantitative estimate of drug-likeness (QED) is 0.562. The summed E-state index contributed by atoms with van der Waals surface area (Å²) in [6, 6.07) is 9.44. The van der Waals surface area contributed by atoms with Crippen LogP contribution in [0.25, 0.3) is 0 Å². The van der Waals surface area contributed by atoms with Crippen LogP contribution in [0.4, 0.5) is 0 Å². The number of nitrogens with zero attached hydrogens (tertiary/aromatic N) is 1. The first-order valence-corrected chi connectivity index (χ1v) is 12.3. The van der Waals surface area contributed by atoms with Gasteiger partial charge in [-0.25, -0.2) is 0 Å². The molecule has 0 N–H and O–H groups in total. The summed E-state index contributed by atoms with van der Waals surface area (Å²) in [4.78, 5) is 15.1. The Labute approximate surface area is 167 Å². The molecule has 1 aromatic rings. The zero-order chi connectivity index (χ0) is 19.3. The maximum absolute atomic E-state index is 13.2. The normalized spacial score (nSPS) is 30.9. The summed E-state index contributed by atoms with van der Waals surface area (Å²) >= 11 is 5.34. The number of amides is 1. The monoisotopic (exact) mass is 405 g/mol. The maximum atomic E-state index is 13.2. The fourth-order valence-electron chi connectivity index (χ4n) is 5.48. The molecule has 0 aromatic heterocycles. The van der Waals surface area contributed by atoms with E-state index in [9.17, 15) is 4.79 Å². The van der Waals surface area contributed by atoms with Crippen molar-refractivity contribution in [1.29, 1.82) is 0 Å². The lowest BCUT2D eigenvalue weighted by Crippen LogP contribution is -2.50. The van der Waals surface area contributed by atoms with Gasteiger partial charge < -0.3 is 18.8 Å². The van der Waals surface area contributed by atoms with E-state index in [1.54, 1.807) is 0 Å². The van der Waals surface area contributed by atoms with Crippen molar-refractivity contribution in [3.05, 3.63) is 30.3 Å². The minimum atomic E-state index is -2.24.